The Morgan fingerprint density at radius 3 is 3.05 bits per heavy atom. The van der Waals surface area contributed by atoms with Crippen molar-refractivity contribution in [3.05, 3.63) is 12.0 Å². The summed E-state index contributed by atoms with van der Waals surface area (Å²) in [6, 6.07) is 0. The van der Waals surface area contributed by atoms with Gasteiger partial charge < -0.3 is 20.3 Å². The molecular weight excluding hydrogens is 418 g/mol. The van der Waals surface area contributed by atoms with E-state index in [1.54, 1.807) is 6.20 Å². The summed E-state index contributed by atoms with van der Waals surface area (Å²) in [4.78, 5) is 22.1. The molecule has 2 aromatic rings. The Labute approximate surface area is 123 Å². The summed E-state index contributed by atoms with van der Waals surface area (Å²) in [5, 5.41) is 11.5. The Kier molecular flexibility index (Phi) is 4.12. The van der Waals surface area contributed by atoms with Crippen LogP contribution in [0.25, 0.3) is 11.0 Å². The van der Waals surface area contributed by atoms with Gasteiger partial charge in [-0.3, -0.25) is 9.89 Å². The summed E-state index contributed by atoms with van der Waals surface area (Å²) < 4.78 is 0. The van der Waals surface area contributed by atoms with E-state index in [0.29, 0.717) is 31.0 Å². The molecule has 0 saturated carbocycles. The van der Waals surface area contributed by atoms with Gasteiger partial charge in [-0.05, 0) is 12.6 Å². The maximum absolute atomic E-state index is 11.3. The average Bonchev–Trinajstić information content (AvgIpc) is 2.70. The summed E-state index contributed by atoms with van der Waals surface area (Å²) in [6.45, 7) is 3.86. The molecule has 1 N–H and O–H groups in total. The molecule has 1 aliphatic rings. The number of carbonyl (C=O) groups excluding carboxylic acids is 1. The number of hydrogen-bond donors (Lipinski definition) is 1. The van der Waals surface area contributed by atoms with Crippen molar-refractivity contribution in [2.24, 2.45) is 0 Å². The Bertz CT molecular complexity index is 598. The molecule has 1 amide bonds. The van der Waals surface area contributed by atoms with Crippen LogP contribution in [0.15, 0.2) is 6.20 Å². The van der Waals surface area contributed by atoms with Gasteiger partial charge in [0.15, 0.2) is 0 Å². The van der Waals surface area contributed by atoms with E-state index >= 15 is 0 Å². The van der Waals surface area contributed by atoms with Gasteiger partial charge in [0.25, 0.3) is 0 Å². The minimum absolute atomic E-state index is 0. The second-order valence-corrected chi connectivity index (χ2v) is 4.26. The first-order valence-corrected chi connectivity index (χ1v) is 5.88. The first kappa shape index (κ1) is 13.9. The van der Waals surface area contributed by atoms with E-state index in [9.17, 15) is 4.79 Å². The topological polar surface area (TPSA) is 85.1 Å². The number of fused-ring (bicyclic) bond motifs is 1. The Hall–Kier alpha value is -1.52. The third kappa shape index (κ3) is 2.75. The van der Waals surface area contributed by atoms with Crippen LogP contribution in [0.4, 0.5) is 5.82 Å². The van der Waals surface area contributed by atoms with E-state index in [1.807, 2.05) is 6.92 Å². The molecule has 19 heavy (non-hydrogen) atoms. The van der Waals surface area contributed by atoms with Gasteiger partial charge in [-0.25, -0.2) is 4.98 Å². The maximum Gasteiger partial charge on any atom is 0.221 e. The third-order valence-electron chi connectivity index (χ3n) is 2.97. The zero-order chi connectivity index (χ0) is 12.5. The Morgan fingerprint density at radius 2 is 2.21 bits per heavy atom. The molecule has 0 atom stereocenters. The zero-order valence-electron chi connectivity index (χ0n) is 10.4. The number of aryl methyl sites for hydroxylation is 1. The minimum Gasteiger partial charge on any atom is -0.422 e. The minimum atomic E-state index is 0. The van der Waals surface area contributed by atoms with E-state index in [0.717, 1.165) is 17.7 Å². The molecule has 3 heterocycles. The van der Waals surface area contributed by atoms with Crippen molar-refractivity contribution >= 4 is 22.8 Å². The molecule has 8 heteroatoms. The van der Waals surface area contributed by atoms with Crippen LogP contribution in [-0.2, 0) is 25.2 Å². The first-order valence-electron chi connectivity index (χ1n) is 5.88. The maximum atomic E-state index is 11.3. The predicted octanol–water partition coefficient (Wildman–Crippen LogP) is -0.386. The number of nitrogens with one attached hydrogen (secondary N) is 1. The summed E-state index contributed by atoms with van der Waals surface area (Å²) >= 11 is 0. The fourth-order valence-corrected chi connectivity index (χ4v) is 2.10. The average molecular weight is 431 g/mol. The second-order valence-electron chi connectivity index (χ2n) is 4.26. The summed E-state index contributed by atoms with van der Waals surface area (Å²) in [5.74, 6) is 1.57. The van der Waals surface area contributed by atoms with Gasteiger partial charge in [-0.15, -0.1) is 0 Å². The van der Waals surface area contributed by atoms with Crippen molar-refractivity contribution in [3.63, 3.8) is 0 Å². The standard InChI is InChI=1S/C11H14N6O.Re/c1-7-14-10-8(6-13-16-10)11(15-7)17-4-2-9(18)12-3-5-17;/h6H,2-5H2,1H3,(H2,12,13,14,15,16,18);/p-1. The zero-order valence-corrected chi connectivity index (χ0v) is 13.1. The first-order chi connectivity index (χ1) is 8.74. The number of hydrogen-bond acceptors (Lipinski definition) is 5. The van der Waals surface area contributed by atoms with E-state index in [-0.39, 0.29) is 26.3 Å². The molecule has 0 unspecified atom stereocenters. The smallest absolute Gasteiger partial charge is 0.221 e. The number of amides is 1. The summed E-state index contributed by atoms with van der Waals surface area (Å²) in [6.07, 6.45) is 2.15. The number of anilines is 1. The predicted molar refractivity (Wildman–Crippen MR) is 65.2 cm³/mol. The number of carbonyl (C=O) groups is 1. The molecule has 1 radical (unpaired) electrons. The molecule has 2 aromatic heterocycles. The van der Waals surface area contributed by atoms with Crippen LogP contribution in [-0.4, -0.2) is 40.6 Å². The van der Waals surface area contributed by atoms with Crippen molar-refractivity contribution in [1.29, 1.82) is 0 Å². The van der Waals surface area contributed by atoms with Crippen LogP contribution < -0.4 is 15.3 Å². The van der Waals surface area contributed by atoms with Crippen LogP contribution in [0, 0.1) is 6.92 Å². The second kappa shape index (κ2) is 5.63. The van der Waals surface area contributed by atoms with Crippen molar-refractivity contribution in [2.45, 2.75) is 13.3 Å². The molecule has 0 bridgehead atoms. The van der Waals surface area contributed by atoms with Gasteiger partial charge in [0.1, 0.15) is 5.82 Å². The van der Waals surface area contributed by atoms with E-state index in [4.69, 9.17) is 0 Å². The fourth-order valence-electron chi connectivity index (χ4n) is 2.10. The van der Waals surface area contributed by atoms with Gasteiger partial charge in [-0.2, -0.15) is 0 Å². The normalized spacial score (nSPS) is 15.8. The molecule has 0 aliphatic carbocycles. The number of aromatic nitrogens is 4. The summed E-state index contributed by atoms with van der Waals surface area (Å²) in [5.41, 5.74) is 0.612. The van der Waals surface area contributed by atoms with Gasteiger partial charge in [0, 0.05) is 63.9 Å². The molecule has 1 fully saturated rings. The molecule has 1 aliphatic heterocycles. The monoisotopic (exact) mass is 432 g/mol. The van der Waals surface area contributed by atoms with Crippen LogP contribution in [0.1, 0.15) is 12.2 Å². The van der Waals surface area contributed by atoms with Gasteiger partial charge in [0.2, 0.25) is 5.91 Å². The largest absolute Gasteiger partial charge is 0.422 e. The van der Waals surface area contributed by atoms with E-state index < -0.39 is 0 Å². The van der Waals surface area contributed by atoms with Gasteiger partial charge in [0.05, 0.1) is 0 Å². The molecule has 101 valence electrons. The third-order valence-corrected chi connectivity index (χ3v) is 2.97. The molecular formula is C11H13N6ORe-. The Morgan fingerprint density at radius 1 is 1.37 bits per heavy atom. The fraction of sp³-hybridized carbons (Fsp3) is 0.455. The van der Waals surface area contributed by atoms with Crippen LogP contribution in [0.3, 0.4) is 0 Å². The van der Waals surface area contributed by atoms with Crippen molar-refractivity contribution in [3.8, 4) is 0 Å². The van der Waals surface area contributed by atoms with Crippen molar-refractivity contribution in [1.82, 2.24) is 25.5 Å². The summed E-state index contributed by atoms with van der Waals surface area (Å²) in [7, 11) is 0. The number of nitrogens with zero attached hydrogens (tertiary/aromatic N) is 5. The number of rotatable bonds is 1. The van der Waals surface area contributed by atoms with Gasteiger partial charge >= 0.3 is 0 Å². The Balaban J connectivity index is 0.00000133. The SMILES string of the molecule is Cc1nc(N2CCNC(=O)CC2)c2cn[n-]c2n1.[Re]. The van der Waals surface area contributed by atoms with E-state index in [2.05, 4.69) is 30.4 Å². The molecule has 3 rings (SSSR count). The van der Waals surface area contributed by atoms with Crippen molar-refractivity contribution < 1.29 is 25.2 Å². The van der Waals surface area contributed by atoms with Crippen LogP contribution >= 0.6 is 0 Å². The van der Waals surface area contributed by atoms with Crippen molar-refractivity contribution in [2.75, 3.05) is 24.5 Å². The van der Waals surface area contributed by atoms with Crippen LogP contribution in [0.5, 0.6) is 0 Å². The molecule has 0 aromatic carbocycles. The van der Waals surface area contributed by atoms with Crippen LogP contribution in [0.2, 0.25) is 0 Å². The molecule has 7 nitrogen and oxygen atoms in total. The van der Waals surface area contributed by atoms with E-state index in [1.165, 1.54) is 0 Å². The molecule has 1 saturated heterocycles. The quantitative estimate of drug-likeness (QED) is 0.663. The van der Waals surface area contributed by atoms with Gasteiger partial charge in [-0.1, -0.05) is 0 Å². The molecule has 0 spiro atoms.